The number of carbonyl (C=O) groups is 1. The van der Waals surface area contributed by atoms with Gasteiger partial charge in [0.05, 0.1) is 24.9 Å². The van der Waals surface area contributed by atoms with Crippen LogP contribution in [0.25, 0.3) is 0 Å². The van der Waals surface area contributed by atoms with E-state index in [4.69, 9.17) is 27.9 Å². The highest BCUT2D eigenvalue weighted by Gasteiger charge is 2.28. The van der Waals surface area contributed by atoms with Crippen molar-refractivity contribution in [1.29, 1.82) is 0 Å². The highest BCUT2D eigenvalue weighted by atomic mass is 35.5. The average molecular weight is 520 g/mol. The molecule has 0 fully saturated rings. The number of rotatable bonds is 10. The number of ether oxygens (including phenoxy) is 1. The highest BCUT2D eigenvalue weighted by Crippen LogP contribution is 2.28. The molecule has 3 aromatic rings. The van der Waals surface area contributed by atoms with Crippen LogP contribution in [0.2, 0.25) is 10.0 Å². The van der Waals surface area contributed by atoms with E-state index in [1.165, 1.54) is 24.4 Å². The lowest BCUT2D eigenvalue weighted by Crippen LogP contribution is -2.40. The summed E-state index contributed by atoms with van der Waals surface area (Å²) in [5.74, 6) is 0.0424. The van der Waals surface area contributed by atoms with Crippen molar-refractivity contribution in [2.45, 2.75) is 11.3 Å². The fourth-order valence-corrected chi connectivity index (χ4v) is 5.23. The van der Waals surface area contributed by atoms with Gasteiger partial charge in [-0.2, -0.15) is 9.41 Å². The number of sulfonamides is 1. The number of benzene rings is 3. The minimum atomic E-state index is -4.12. The Labute approximate surface area is 209 Å². The Morgan fingerprint density at radius 3 is 2.56 bits per heavy atom. The Morgan fingerprint density at radius 2 is 1.82 bits per heavy atom. The smallest absolute Gasteiger partial charge is 0.255 e. The molecule has 0 bridgehead atoms. The van der Waals surface area contributed by atoms with E-state index in [1.54, 1.807) is 31.4 Å². The van der Waals surface area contributed by atoms with Crippen molar-refractivity contribution < 1.29 is 17.9 Å². The number of nitrogens with zero attached hydrogens (tertiary/aromatic N) is 2. The number of hydrogen-bond donors (Lipinski definition) is 1. The van der Waals surface area contributed by atoms with Gasteiger partial charge in [-0.05, 0) is 47.9 Å². The van der Waals surface area contributed by atoms with Crippen LogP contribution in [0.5, 0.6) is 5.75 Å². The van der Waals surface area contributed by atoms with Crippen LogP contribution in [-0.4, -0.2) is 45.0 Å². The Morgan fingerprint density at radius 1 is 1.06 bits per heavy atom. The summed E-state index contributed by atoms with van der Waals surface area (Å²) in [6.07, 6.45) is 1.84. The Balaban J connectivity index is 1.77. The summed E-state index contributed by atoms with van der Waals surface area (Å²) in [6, 6.07) is 20.6. The Hall–Kier alpha value is -2.91. The molecule has 0 aliphatic heterocycles. The fourth-order valence-electron chi connectivity index (χ4n) is 3.09. The maximum absolute atomic E-state index is 13.4. The molecule has 1 N–H and O–H groups in total. The minimum absolute atomic E-state index is 0.0190. The van der Waals surface area contributed by atoms with Crippen molar-refractivity contribution in [3.05, 3.63) is 94.0 Å². The van der Waals surface area contributed by atoms with Gasteiger partial charge < -0.3 is 4.74 Å². The second-order valence-electron chi connectivity index (χ2n) is 7.22. The van der Waals surface area contributed by atoms with Crippen molar-refractivity contribution in [3.8, 4) is 5.75 Å². The molecule has 178 valence electrons. The van der Waals surface area contributed by atoms with Gasteiger partial charge in [0.1, 0.15) is 10.6 Å². The van der Waals surface area contributed by atoms with Gasteiger partial charge in [-0.3, -0.25) is 4.79 Å². The number of hydrogen-bond acceptors (Lipinski definition) is 5. The number of carbonyl (C=O) groups excluding carboxylic acids is 1. The summed E-state index contributed by atoms with van der Waals surface area (Å²) in [5.41, 5.74) is 4.01. The summed E-state index contributed by atoms with van der Waals surface area (Å²) in [6.45, 7) is -0.393. The third-order valence-electron chi connectivity index (χ3n) is 4.82. The van der Waals surface area contributed by atoms with Gasteiger partial charge in [-0.15, -0.1) is 0 Å². The SMILES string of the molecule is COc1cccc(/C=N\NC(=O)CN(CCc2ccccc2)S(=O)(=O)c2cc(Cl)ccc2Cl)c1. The summed E-state index contributed by atoms with van der Waals surface area (Å²) in [4.78, 5) is 12.4. The van der Waals surface area contributed by atoms with E-state index < -0.39 is 22.5 Å². The van der Waals surface area contributed by atoms with Gasteiger partial charge in [-0.25, -0.2) is 13.8 Å². The molecule has 7 nitrogen and oxygen atoms in total. The molecule has 1 amide bonds. The third-order valence-corrected chi connectivity index (χ3v) is 7.38. The summed E-state index contributed by atoms with van der Waals surface area (Å²) in [7, 11) is -2.57. The standard InChI is InChI=1S/C24H23Cl2N3O4S/c1-33-21-9-5-8-19(14-21)16-27-28-24(30)17-29(13-12-18-6-3-2-4-7-18)34(31,32)23-15-20(25)10-11-22(23)26/h2-11,14-16H,12-13,17H2,1H3,(H,28,30)/b27-16-. The molecule has 10 heteroatoms. The van der Waals surface area contributed by atoms with Gasteiger partial charge in [-0.1, -0.05) is 65.7 Å². The molecule has 0 saturated carbocycles. The van der Waals surface area contributed by atoms with Gasteiger partial charge in [0.25, 0.3) is 5.91 Å². The molecule has 0 saturated heterocycles. The topological polar surface area (TPSA) is 88.1 Å². The number of amides is 1. The summed E-state index contributed by atoms with van der Waals surface area (Å²) in [5, 5.41) is 4.17. The quantitative estimate of drug-likeness (QED) is 0.318. The van der Waals surface area contributed by atoms with E-state index in [0.29, 0.717) is 17.7 Å². The van der Waals surface area contributed by atoms with Crippen molar-refractivity contribution in [2.24, 2.45) is 5.10 Å². The zero-order valence-corrected chi connectivity index (χ0v) is 20.6. The molecule has 34 heavy (non-hydrogen) atoms. The largest absolute Gasteiger partial charge is 0.497 e. The van der Waals surface area contributed by atoms with Crippen LogP contribution in [0.1, 0.15) is 11.1 Å². The molecular formula is C24H23Cl2N3O4S. The molecule has 3 rings (SSSR count). The molecule has 0 radical (unpaired) electrons. The van der Waals surface area contributed by atoms with Crippen molar-refractivity contribution in [3.63, 3.8) is 0 Å². The predicted octanol–water partition coefficient (Wildman–Crippen LogP) is 4.39. The Kier molecular flexibility index (Phi) is 9.06. The van der Waals surface area contributed by atoms with Crippen molar-refractivity contribution in [2.75, 3.05) is 20.2 Å². The zero-order valence-electron chi connectivity index (χ0n) is 18.3. The van der Waals surface area contributed by atoms with Gasteiger partial charge >= 0.3 is 0 Å². The number of hydrazone groups is 1. The lowest BCUT2D eigenvalue weighted by atomic mass is 10.1. The van der Waals surface area contributed by atoms with Gasteiger partial charge in [0.2, 0.25) is 10.0 Å². The highest BCUT2D eigenvalue weighted by molar-refractivity contribution is 7.89. The van der Waals surface area contributed by atoms with Crippen LogP contribution < -0.4 is 10.2 Å². The molecule has 3 aromatic carbocycles. The van der Waals surface area contributed by atoms with Crippen LogP contribution >= 0.6 is 23.2 Å². The van der Waals surface area contributed by atoms with Crippen LogP contribution in [-0.2, 0) is 21.2 Å². The van der Waals surface area contributed by atoms with Crippen LogP contribution in [0.15, 0.2) is 82.8 Å². The number of halogens is 2. The number of methoxy groups -OCH3 is 1. The predicted molar refractivity (Wildman–Crippen MR) is 134 cm³/mol. The van der Waals surface area contributed by atoms with E-state index in [9.17, 15) is 13.2 Å². The first-order valence-corrected chi connectivity index (χ1v) is 12.4. The third kappa shape index (κ3) is 7.04. The number of nitrogens with one attached hydrogen (secondary N) is 1. The molecule has 0 aromatic heterocycles. The lowest BCUT2D eigenvalue weighted by Gasteiger charge is -2.22. The molecule has 0 atom stereocenters. The van der Waals surface area contributed by atoms with Gasteiger partial charge in [0, 0.05) is 11.6 Å². The normalized spacial score (nSPS) is 11.6. The maximum atomic E-state index is 13.4. The van der Waals surface area contributed by atoms with E-state index in [1.807, 2.05) is 30.3 Å². The first-order valence-electron chi connectivity index (χ1n) is 10.2. The first kappa shape index (κ1) is 25.7. The lowest BCUT2D eigenvalue weighted by molar-refractivity contribution is -0.121. The molecular weight excluding hydrogens is 497 g/mol. The molecule has 0 unspecified atom stereocenters. The second kappa shape index (κ2) is 12.0. The van der Waals surface area contributed by atoms with E-state index in [0.717, 1.165) is 9.87 Å². The Bertz CT molecular complexity index is 1270. The summed E-state index contributed by atoms with van der Waals surface area (Å²) >= 11 is 12.2. The van der Waals surface area contributed by atoms with Crippen LogP contribution in [0, 0.1) is 0 Å². The minimum Gasteiger partial charge on any atom is -0.497 e. The second-order valence-corrected chi connectivity index (χ2v) is 9.97. The van der Waals surface area contributed by atoms with Gasteiger partial charge in [0.15, 0.2) is 0 Å². The van der Waals surface area contributed by atoms with E-state index in [2.05, 4.69) is 10.5 Å². The first-order chi connectivity index (χ1) is 16.3. The molecule has 0 heterocycles. The van der Waals surface area contributed by atoms with E-state index >= 15 is 0 Å². The maximum Gasteiger partial charge on any atom is 0.255 e. The van der Waals surface area contributed by atoms with Crippen LogP contribution in [0.3, 0.4) is 0 Å². The fraction of sp³-hybridized carbons (Fsp3) is 0.167. The average Bonchev–Trinajstić information content (AvgIpc) is 2.83. The molecule has 0 spiro atoms. The van der Waals surface area contributed by atoms with Crippen molar-refractivity contribution >= 4 is 45.3 Å². The summed E-state index contributed by atoms with van der Waals surface area (Å²) < 4.78 is 33.0. The molecule has 0 aliphatic rings. The van der Waals surface area contributed by atoms with E-state index in [-0.39, 0.29) is 21.5 Å². The molecule has 0 aliphatic carbocycles. The zero-order chi connectivity index (χ0) is 24.6. The van der Waals surface area contributed by atoms with Crippen molar-refractivity contribution in [1.82, 2.24) is 9.73 Å². The van der Waals surface area contributed by atoms with Crippen LogP contribution in [0.4, 0.5) is 0 Å². The monoisotopic (exact) mass is 519 g/mol.